The molecule has 1 unspecified atom stereocenters. The molecule has 0 amide bonds. The monoisotopic (exact) mass is 279 g/mol. The molecule has 5 nitrogen and oxygen atoms in total. The topological polar surface area (TPSA) is 71.0 Å². The van der Waals surface area contributed by atoms with E-state index in [-0.39, 0.29) is 13.2 Å². The number of hydrogen-bond donors (Lipinski definition) is 3. The average molecular weight is 279 g/mol. The van der Waals surface area contributed by atoms with Gasteiger partial charge in [0.25, 0.3) is 0 Å². The molecule has 20 heavy (non-hydrogen) atoms. The number of ether oxygens (including phenoxy) is 2. The van der Waals surface area contributed by atoms with Crippen LogP contribution in [0.4, 0.5) is 0 Å². The van der Waals surface area contributed by atoms with Gasteiger partial charge in [0.15, 0.2) is 11.5 Å². The third kappa shape index (κ3) is 3.72. The van der Waals surface area contributed by atoms with Crippen LogP contribution in [0.3, 0.4) is 0 Å². The minimum Gasteiger partial charge on any atom is -0.493 e. The Morgan fingerprint density at radius 1 is 1.35 bits per heavy atom. The Labute approximate surface area is 118 Å². The summed E-state index contributed by atoms with van der Waals surface area (Å²) >= 11 is 0. The molecule has 0 aromatic heterocycles. The second kappa shape index (κ2) is 7.28. The number of rotatable bonds is 6. The Morgan fingerprint density at radius 3 is 2.85 bits per heavy atom. The summed E-state index contributed by atoms with van der Waals surface area (Å²) in [5.41, 5.74) is 2.42. The maximum Gasteiger partial charge on any atom is 0.161 e. The third-order valence-corrected chi connectivity index (χ3v) is 3.24. The van der Waals surface area contributed by atoms with Crippen molar-refractivity contribution < 1.29 is 19.7 Å². The maximum absolute atomic E-state index is 9.31. The van der Waals surface area contributed by atoms with Crippen molar-refractivity contribution >= 4 is 5.57 Å². The Balaban J connectivity index is 2.13. The summed E-state index contributed by atoms with van der Waals surface area (Å²) in [6.07, 6.45) is 2.28. The van der Waals surface area contributed by atoms with Crippen LogP contribution in [0.25, 0.3) is 5.57 Å². The summed E-state index contributed by atoms with van der Waals surface area (Å²) in [6.45, 7) is 1.59. The van der Waals surface area contributed by atoms with Crippen LogP contribution in [0.15, 0.2) is 24.3 Å². The molecule has 2 rings (SSSR count). The van der Waals surface area contributed by atoms with Gasteiger partial charge in [0, 0.05) is 6.54 Å². The molecule has 1 aromatic rings. The maximum atomic E-state index is 9.31. The lowest BCUT2D eigenvalue weighted by Crippen LogP contribution is -2.21. The SMILES string of the molecule is COc1cc(C2=CCNCC2)ccc1OCC(O)CO. The fraction of sp³-hybridized carbons (Fsp3) is 0.467. The molecule has 1 atom stereocenters. The fourth-order valence-corrected chi connectivity index (χ4v) is 2.11. The van der Waals surface area contributed by atoms with Gasteiger partial charge in [-0.05, 0) is 36.2 Å². The van der Waals surface area contributed by atoms with Gasteiger partial charge < -0.3 is 25.0 Å². The molecule has 110 valence electrons. The summed E-state index contributed by atoms with van der Waals surface area (Å²) in [7, 11) is 1.59. The lowest BCUT2D eigenvalue weighted by atomic mass is 10.00. The number of nitrogens with one attached hydrogen (secondary N) is 1. The lowest BCUT2D eigenvalue weighted by molar-refractivity contribution is 0.0527. The van der Waals surface area contributed by atoms with Crippen molar-refractivity contribution in [1.29, 1.82) is 0 Å². The van der Waals surface area contributed by atoms with Crippen LogP contribution in [0, 0.1) is 0 Å². The van der Waals surface area contributed by atoms with E-state index in [4.69, 9.17) is 14.6 Å². The number of hydrogen-bond acceptors (Lipinski definition) is 5. The van der Waals surface area contributed by atoms with Crippen molar-refractivity contribution in [2.45, 2.75) is 12.5 Å². The number of aliphatic hydroxyl groups excluding tert-OH is 2. The molecule has 3 N–H and O–H groups in total. The van der Waals surface area contributed by atoms with Gasteiger partial charge in [-0.15, -0.1) is 0 Å². The molecular weight excluding hydrogens is 258 g/mol. The molecule has 1 aliphatic rings. The predicted octanol–water partition coefficient (Wildman–Crippen LogP) is 0.804. The molecule has 0 bridgehead atoms. The van der Waals surface area contributed by atoms with E-state index in [1.165, 1.54) is 5.57 Å². The Kier molecular flexibility index (Phi) is 5.40. The average Bonchev–Trinajstić information content (AvgIpc) is 2.53. The van der Waals surface area contributed by atoms with Gasteiger partial charge in [-0.2, -0.15) is 0 Å². The number of benzene rings is 1. The smallest absolute Gasteiger partial charge is 0.161 e. The molecule has 0 saturated carbocycles. The van der Waals surface area contributed by atoms with Gasteiger partial charge in [-0.3, -0.25) is 0 Å². The Morgan fingerprint density at radius 2 is 2.20 bits per heavy atom. The number of aliphatic hydroxyl groups is 2. The van der Waals surface area contributed by atoms with Gasteiger partial charge in [0.05, 0.1) is 13.7 Å². The van der Waals surface area contributed by atoms with Crippen molar-refractivity contribution in [3.8, 4) is 11.5 Å². The van der Waals surface area contributed by atoms with Crippen molar-refractivity contribution in [1.82, 2.24) is 5.32 Å². The van der Waals surface area contributed by atoms with E-state index >= 15 is 0 Å². The molecule has 1 aromatic carbocycles. The molecule has 5 heteroatoms. The molecule has 0 fully saturated rings. The second-order valence-corrected chi connectivity index (χ2v) is 4.70. The highest BCUT2D eigenvalue weighted by Crippen LogP contribution is 2.32. The van der Waals surface area contributed by atoms with E-state index in [2.05, 4.69) is 11.4 Å². The van der Waals surface area contributed by atoms with Crippen molar-refractivity contribution in [2.75, 3.05) is 33.4 Å². The van der Waals surface area contributed by atoms with Gasteiger partial charge in [0.2, 0.25) is 0 Å². The van der Waals surface area contributed by atoms with E-state index in [1.54, 1.807) is 7.11 Å². The summed E-state index contributed by atoms with van der Waals surface area (Å²) in [4.78, 5) is 0. The molecule has 0 saturated heterocycles. The highest BCUT2D eigenvalue weighted by molar-refractivity contribution is 5.69. The zero-order valence-electron chi connectivity index (χ0n) is 11.6. The van der Waals surface area contributed by atoms with Crippen LogP contribution < -0.4 is 14.8 Å². The normalized spacial score (nSPS) is 16.4. The zero-order chi connectivity index (χ0) is 14.4. The van der Waals surface area contributed by atoms with Gasteiger partial charge in [-0.25, -0.2) is 0 Å². The molecule has 1 heterocycles. The summed E-state index contributed by atoms with van der Waals surface area (Å²) in [5.74, 6) is 1.20. The fourth-order valence-electron chi connectivity index (χ4n) is 2.11. The standard InChI is InChI=1S/C15H21NO4/c1-19-15-8-12(11-4-6-16-7-5-11)2-3-14(15)20-10-13(18)9-17/h2-4,8,13,16-18H,5-7,9-10H2,1H3. The molecule has 0 spiro atoms. The minimum absolute atomic E-state index is 0.0405. The van der Waals surface area contributed by atoms with Crippen LogP contribution in [0.5, 0.6) is 11.5 Å². The first-order valence-electron chi connectivity index (χ1n) is 6.74. The lowest BCUT2D eigenvalue weighted by Gasteiger charge is -2.17. The van der Waals surface area contributed by atoms with Crippen LogP contribution in [0.1, 0.15) is 12.0 Å². The van der Waals surface area contributed by atoms with E-state index in [0.717, 1.165) is 25.1 Å². The van der Waals surface area contributed by atoms with Gasteiger partial charge >= 0.3 is 0 Å². The van der Waals surface area contributed by atoms with Crippen LogP contribution >= 0.6 is 0 Å². The molecule has 0 radical (unpaired) electrons. The van der Waals surface area contributed by atoms with Crippen molar-refractivity contribution in [2.24, 2.45) is 0 Å². The van der Waals surface area contributed by atoms with Crippen LogP contribution in [-0.4, -0.2) is 49.7 Å². The Bertz CT molecular complexity index is 473. The third-order valence-electron chi connectivity index (χ3n) is 3.24. The van der Waals surface area contributed by atoms with E-state index < -0.39 is 6.10 Å². The van der Waals surface area contributed by atoms with E-state index in [9.17, 15) is 5.11 Å². The van der Waals surface area contributed by atoms with Gasteiger partial charge in [-0.1, -0.05) is 12.1 Å². The summed E-state index contributed by atoms with van der Waals surface area (Å²) < 4.78 is 10.8. The second-order valence-electron chi connectivity index (χ2n) is 4.70. The Hall–Kier alpha value is -1.56. The van der Waals surface area contributed by atoms with E-state index in [1.807, 2.05) is 18.2 Å². The zero-order valence-corrected chi connectivity index (χ0v) is 11.6. The van der Waals surface area contributed by atoms with Crippen molar-refractivity contribution in [3.05, 3.63) is 29.8 Å². The number of methoxy groups -OCH3 is 1. The summed E-state index contributed by atoms with van der Waals surface area (Å²) in [6, 6.07) is 5.76. The largest absolute Gasteiger partial charge is 0.493 e. The molecule has 0 aliphatic carbocycles. The first kappa shape index (κ1) is 14.8. The molecule has 1 aliphatic heterocycles. The molecular formula is C15H21NO4. The van der Waals surface area contributed by atoms with Crippen LogP contribution in [-0.2, 0) is 0 Å². The van der Waals surface area contributed by atoms with Gasteiger partial charge in [0.1, 0.15) is 12.7 Å². The first-order chi connectivity index (χ1) is 9.74. The predicted molar refractivity (Wildman–Crippen MR) is 77.0 cm³/mol. The minimum atomic E-state index is -0.883. The quantitative estimate of drug-likeness (QED) is 0.718. The van der Waals surface area contributed by atoms with Crippen molar-refractivity contribution in [3.63, 3.8) is 0 Å². The summed E-state index contributed by atoms with van der Waals surface area (Å²) in [5, 5.41) is 21.4. The highest BCUT2D eigenvalue weighted by atomic mass is 16.5. The van der Waals surface area contributed by atoms with E-state index in [0.29, 0.717) is 11.5 Å². The van der Waals surface area contributed by atoms with Crippen LogP contribution in [0.2, 0.25) is 0 Å². The highest BCUT2D eigenvalue weighted by Gasteiger charge is 2.12. The first-order valence-corrected chi connectivity index (χ1v) is 6.74.